The van der Waals surface area contributed by atoms with Crippen LogP contribution in [0.15, 0.2) is 22.7 Å². The van der Waals surface area contributed by atoms with Crippen molar-refractivity contribution < 1.29 is 9.31 Å². The number of rotatable bonds is 3. The first-order valence-electron chi connectivity index (χ1n) is 5.52. The molecule has 0 bridgehead atoms. The predicted molar refractivity (Wildman–Crippen MR) is 71.6 cm³/mol. The van der Waals surface area contributed by atoms with Crippen molar-refractivity contribution in [3.63, 3.8) is 0 Å². The summed E-state index contributed by atoms with van der Waals surface area (Å²) in [7, 11) is 0. The van der Waals surface area contributed by atoms with E-state index in [9.17, 15) is 14.5 Å². The van der Waals surface area contributed by atoms with Crippen LogP contribution in [0.25, 0.3) is 0 Å². The standard InChI is InChI=1S/C12H11BrFN3O2/c1-7-12(17(18)19)8(2)16(15-7)6-9-3-4-10(13)5-11(9)14/h3-5H,6H2,1-2H3. The van der Waals surface area contributed by atoms with Gasteiger partial charge in [-0.25, -0.2) is 4.39 Å². The van der Waals surface area contributed by atoms with Crippen LogP contribution in [0.3, 0.4) is 0 Å². The second kappa shape index (κ2) is 5.08. The van der Waals surface area contributed by atoms with Gasteiger partial charge >= 0.3 is 5.69 Å². The molecular weight excluding hydrogens is 317 g/mol. The van der Waals surface area contributed by atoms with Gasteiger partial charge in [-0.1, -0.05) is 22.0 Å². The fourth-order valence-electron chi connectivity index (χ4n) is 1.92. The maximum atomic E-state index is 13.7. The molecule has 2 aromatic rings. The molecule has 0 spiro atoms. The highest BCUT2D eigenvalue weighted by atomic mass is 79.9. The van der Waals surface area contributed by atoms with Crippen LogP contribution in [0.1, 0.15) is 17.0 Å². The zero-order valence-electron chi connectivity index (χ0n) is 10.4. The number of hydrogen-bond donors (Lipinski definition) is 0. The van der Waals surface area contributed by atoms with Crippen LogP contribution < -0.4 is 0 Å². The van der Waals surface area contributed by atoms with E-state index in [4.69, 9.17) is 0 Å². The Kier molecular flexibility index (Phi) is 3.66. The van der Waals surface area contributed by atoms with E-state index in [0.29, 0.717) is 21.4 Å². The Morgan fingerprint density at radius 2 is 2.16 bits per heavy atom. The normalized spacial score (nSPS) is 10.7. The maximum absolute atomic E-state index is 13.7. The summed E-state index contributed by atoms with van der Waals surface area (Å²) in [6, 6.07) is 4.70. The maximum Gasteiger partial charge on any atom is 0.312 e. The van der Waals surface area contributed by atoms with Crippen molar-refractivity contribution >= 4 is 21.6 Å². The molecule has 1 aromatic carbocycles. The largest absolute Gasteiger partial charge is 0.312 e. The molecule has 0 N–H and O–H groups in total. The first-order valence-corrected chi connectivity index (χ1v) is 6.31. The summed E-state index contributed by atoms with van der Waals surface area (Å²) in [5, 5.41) is 15.0. The van der Waals surface area contributed by atoms with Crippen molar-refractivity contribution in [2.75, 3.05) is 0 Å². The molecule has 2 rings (SSSR count). The molecule has 100 valence electrons. The monoisotopic (exact) mass is 327 g/mol. The highest BCUT2D eigenvalue weighted by Gasteiger charge is 2.22. The molecule has 19 heavy (non-hydrogen) atoms. The second-order valence-electron chi connectivity index (χ2n) is 4.17. The lowest BCUT2D eigenvalue weighted by molar-refractivity contribution is -0.386. The molecule has 7 heteroatoms. The third kappa shape index (κ3) is 2.65. The molecule has 0 aliphatic rings. The van der Waals surface area contributed by atoms with Crippen LogP contribution >= 0.6 is 15.9 Å². The number of nitro groups is 1. The van der Waals surface area contributed by atoms with Crippen LogP contribution in [0.2, 0.25) is 0 Å². The summed E-state index contributed by atoms with van der Waals surface area (Å²) < 4.78 is 15.8. The topological polar surface area (TPSA) is 61.0 Å². The van der Waals surface area contributed by atoms with E-state index in [0.717, 1.165) is 0 Å². The van der Waals surface area contributed by atoms with Gasteiger partial charge in [0, 0.05) is 10.0 Å². The highest BCUT2D eigenvalue weighted by Crippen LogP contribution is 2.23. The number of benzene rings is 1. The zero-order chi connectivity index (χ0) is 14.2. The molecule has 0 saturated carbocycles. The van der Waals surface area contributed by atoms with Crippen LogP contribution in [-0.4, -0.2) is 14.7 Å². The van der Waals surface area contributed by atoms with Gasteiger partial charge in [0.25, 0.3) is 0 Å². The SMILES string of the molecule is Cc1nn(Cc2ccc(Br)cc2F)c(C)c1[N+](=O)[O-]. The smallest absolute Gasteiger partial charge is 0.258 e. The summed E-state index contributed by atoms with van der Waals surface area (Å²) >= 11 is 3.18. The van der Waals surface area contributed by atoms with Gasteiger partial charge in [0.05, 0.1) is 11.5 Å². The fourth-order valence-corrected chi connectivity index (χ4v) is 2.25. The van der Waals surface area contributed by atoms with Gasteiger partial charge in [0.2, 0.25) is 0 Å². The van der Waals surface area contributed by atoms with Gasteiger partial charge in [-0.05, 0) is 26.0 Å². The molecule has 0 fully saturated rings. The summed E-state index contributed by atoms with van der Waals surface area (Å²) in [5.41, 5.74) is 1.17. The predicted octanol–water partition coefficient (Wildman–Crippen LogP) is 3.36. The number of aromatic nitrogens is 2. The van der Waals surface area contributed by atoms with Crippen molar-refractivity contribution in [1.29, 1.82) is 0 Å². The number of halogens is 2. The Morgan fingerprint density at radius 3 is 2.68 bits per heavy atom. The number of nitrogens with zero attached hydrogens (tertiary/aromatic N) is 3. The van der Waals surface area contributed by atoms with Gasteiger partial charge in [-0.3, -0.25) is 14.8 Å². The molecule has 0 aliphatic carbocycles. The van der Waals surface area contributed by atoms with Crippen LogP contribution in [0.4, 0.5) is 10.1 Å². The molecule has 0 amide bonds. The summed E-state index contributed by atoms with van der Waals surface area (Å²) in [6.45, 7) is 3.34. The van der Waals surface area contributed by atoms with Crippen molar-refractivity contribution in [1.82, 2.24) is 9.78 Å². The Hall–Kier alpha value is -1.76. The minimum absolute atomic E-state index is 0.0162. The molecule has 0 atom stereocenters. The van der Waals surface area contributed by atoms with E-state index < -0.39 is 4.92 Å². The van der Waals surface area contributed by atoms with Crippen LogP contribution in [-0.2, 0) is 6.54 Å². The first kappa shape index (κ1) is 13.7. The molecule has 5 nitrogen and oxygen atoms in total. The van der Waals surface area contributed by atoms with Crippen molar-refractivity contribution in [3.05, 3.63) is 55.6 Å². The van der Waals surface area contributed by atoms with E-state index in [-0.39, 0.29) is 18.0 Å². The quantitative estimate of drug-likeness (QED) is 0.641. The third-order valence-electron chi connectivity index (χ3n) is 2.86. The number of hydrogen-bond acceptors (Lipinski definition) is 3. The summed E-state index contributed by atoms with van der Waals surface area (Å²) in [5.74, 6) is -0.371. The molecule has 1 heterocycles. The highest BCUT2D eigenvalue weighted by molar-refractivity contribution is 9.10. The Labute approximate surface area is 117 Å². The second-order valence-corrected chi connectivity index (χ2v) is 5.09. The minimum atomic E-state index is -0.466. The van der Waals surface area contributed by atoms with E-state index in [1.807, 2.05) is 0 Å². The van der Waals surface area contributed by atoms with Crippen molar-refractivity contribution in [2.24, 2.45) is 0 Å². The van der Waals surface area contributed by atoms with Gasteiger partial charge < -0.3 is 0 Å². The molecule has 1 aromatic heterocycles. The van der Waals surface area contributed by atoms with Gasteiger partial charge in [-0.2, -0.15) is 5.10 Å². The fraction of sp³-hybridized carbons (Fsp3) is 0.250. The van der Waals surface area contributed by atoms with Crippen LogP contribution in [0.5, 0.6) is 0 Å². The van der Waals surface area contributed by atoms with E-state index >= 15 is 0 Å². The number of aryl methyl sites for hydroxylation is 1. The first-order chi connectivity index (χ1) is 8.90. The van der Waals surface area contributed by atoms with Gasteiger partial charge in [0.1, 0.15) is 17.2 Å². The molecule has 0 saturated heterocycles. The van der Waals surface area contributed by atoms with Crippen molar-refractivity contribution in [2.45, 2.75) is 20.4 Å². The summed E-state index contributed by atoms with van der Waals surface area (Å²) in [4.78, 5) is 10.4. The lowest BCUT2D eigenvalue weighted by Crippen LogP contribution is -2.06. The molecule has 0 unspecified atom stereocenters. The molecular formula is C12H11BrFN3O2. The summed E-state index contributed by atoms with van der Waals surface area (Å²) in [6.07, 6.45) is 0. The van der Waals surface area contributed by atoms with E-state index in [1.165, 1.54) is 10.7 Å². The van der Waals surface area contributed by atoms with E-state index in [2.05, 4.69) is 21.0 Å². The zero-order valence-corrected chi connectivity index (χ0v) is 11.9. The molecule has 0 radical (unpaired) electrons. The average Bonchev–Trinajstić information content (AvgIpc) is 2.58. The third-order valence-corrected chi connectivity index (χ3v) is 3.35. The average molecular weight is 328 g/mol. The Morgan fingerprint density at radius 1 is 1.47 bits per heavy atom. The Balaban J connectivity index is 2.39. The lowest BCUT2D eigenvalue weighted by atomic mass is 10.2. The van der Waals surface area contributed by atoms with Crippen LogP contribution in [0, 0.1) is 29.8 Å². The van der Waals surface area contributed by atoms with E-state index in [1.54, 1.807) is 26.0 Å². The molecule has 0 aliphatic heterocycles. The minimum Gasteiger partial charge on any atom is -0.258 e. The van der Waals surface area contributed by atoms with Crippen molar-refractivity contribution in [3.8, 4) is 0 Å². The van der Waals surface area contributed by atoms with Gasteiger partial charge in [-0.15, -0.1) is 0 Å². The Bertz CT molecular complexity index is 655. The lowest BCUT2D eigenvalue weighted by Gasteiger charge is -2.05. The van der Waals surface area contributed by atoms with Gasteiger partial charge in [0.15, 0.2) is 0 Å².